The van der Waals surface area contributed by atoms with Crippen LogP contribution in [0.25, 0.3) is 11.0 Å². The van der Waals surface area contributed by atoms with Gasteiger partial charge in [0.15, 0.2) is 0 Å². The molecule has 7 heteroatoms. The van der Waals surface area contributed by atoms with Crippen molar-refractivity contribution >= 4 is 22.5 Å². The highest BCUT2D eigenvalue weighted by Crippen LogP contribution is 2.28. The molecular weight excluding hydrogens is 352 g/mol. The quantitative estimate of drug-likeness (QED) is 0.727. The molecule has 0 saturated carbocycles. The van der Waals surface area contributed by atoms with Crippen molar-refractivity contribution in [3.8, 4) is 6.07 Å². The molecule has 3 heterocycles. The monoisotopic (exact) mass is 376 g/mol. The van der Waals surface area contributed by atoms with Gasteiger partial charge in [0, 0.05) is 31.9 Å². The average Bonchev–Trinajstić information content (AvgIpc) is 3.06. The largest absolute Gasteiger partial charge is 0.393 e. The first-order valence-corrected chi connectivity index (χ1v) is 9.51. The van der Waals surface area contributed by atoms with E-state index in [1.54, 1.807) is 12.5 Å². The number of nitrogens with one attached hydrogen (secondary N) is 1. The maximum absolute atomic E-state index is 9.71. The van der Waals surface area contributed by atoms with E-state index in [0.29, 0.717) is 0 Å². The number of pyridine rings is 1. The molecular formula is C21H24N6O. The zero-order chi connectivity index (χ0) is 19.7. The summed E-state index contributed by atoms with van der Waals surface area (Å²) in [6.45, 7) is 3.52. The van der Waals surface area contributed by atoms with E-state index in [4.69, 9.17) is 0 Å². The summed E-state index contributed by atoms with van der Waals surface area (Å²) in [6.07, 6.45) is 4.74. The van der Waals surface area contributed by atoms with Crippen molar-refractivity contribution in [2.75, 3.05) is 18.4 Å². The van der Waals surface area contributed by atoms with Gasteiger partial charge in [0.05, 0.1) is 30.2 Å². The number of aryl methyl sites for hydroxylation is 2. The van der Waals surface area contributed by atoms with Gasteiger partial charge in [0.25, 0.3) is 0 Å². The molecule has 1 unspecified atom stereocenters. The number of aliphatic hydroxyl groups is 1. The lowest BCUT2D eigenvalue weighted by Crippen LogP contribution is -2.38. The van der Waals surface area contributed by atoms with Crippen molar-refractivity contribution < 1.29 is 5.11 Å². The van der Waals surface area contributed by atoms with Crippen molar-refractivity contribution in [2.45, 2.75) is 31.9 Å². The summed E-state index contributed by atoms with van der Waals surface area (Å²) in [4.78, 5) is 10.9. The lowest BCUT2D eigenvalue weighted by molar-refractivity contribution is 0.0716. The van der Waals surface area contributed by atoms with Gasteiger partial charge in [0.1, 0.15) is 17.4 Å². The van der Waals surface area contributed by atoms with Crippen LogP contribution in [0.3, 0.4) is 0 Å². The fourth-order valence-corrected chi connectivity index (χ4v) is 3.75. The average molecular weight is 376 g/mol. The number of nitriles is 1. The third-order valence-electron chi connectivity index (χ3n) is 5.43. The number of imidazole rings is 1. The number of aliphatic hydroxyl groups excluding tert-OH is 1. The molecule has 144 valence electrons. The second-order valence-electron chi connectivity index (χ2n) is 7.41. The van der Waals surface area contributed by atoms with Gasteiger partial charge in [-0.25, -0.2) is 9.97 Å². The highest BCUT2D eigenvalue weighted by Gasteiger charge is 2.25. The van der Waals surface area contributed by atoms with Crippen LogP contribution in [0.15, 0.2) is 36.8 Å². The smallest absolute Gasteiger partial charge is 0.132 e. The normalized spacial score (nSPS) is 16.8. The predicted octanol–water partition coefficient (Wildman–Crippen LogP) is 3.04. The van der Waals surface area contributed by atoms with E-state index < -0.39 is 0 Å². The van der Waals surface area contributed by atoms with Gasteiger partial charge in [-0.15, -0.1) is 0 Å². The summed E-state index contributed by atoms with van der Waals surface area (Å²) in [7, 11) is 1.96. The van der Waals surface area contributed by atoms with E-state index in [1.807, 2.05) is 36.7 Å². The van der Waals surface area contributed by atoms with Crippen LogP contribution in [0.4, 0.5) is 11.5 Å². The summed E-state index contributed by atoms with van der Waals surface area (Å²) in [5.41, 5.74) is 4.88. The van der Waals surface area contributed by atoms with Crippen molar-refractivity contribution in [3.63, 3.8) is 0 Å². The van der Waals surface area contributed by atoms with E-state index in [9.17, 15) is 10.4 Å². The molecule has 7 nitrogen and oxygen atoms in total. The summed E-state index contributed by atoms with van der Waals surface area (Å²) < 4.78 is 1.96. The minimum Gasteiger partial charge on any atom is -0.393 e. The first kappa shape index (κ1) is 18.4. The summed E-state index contributed by atoms with van der Waals surface area (Å²) >= 11 is 0. The number of anilines is 2. The van der Waals surface area contributed by atoms with Gasteiger partial charge in [-0.3, -0.25) is 4.90 Å². The number of rotatable bonds is 4. The molecule has 0 bridgehead atoms. The lowest BCUT2D eigenvalue weighted by Gasteiger charge is -2.33. The molecule has 1 atom stereocenters. The molecule has 1 aromatic carbocycles. The van der Waals surface area contributed by atoms with Crippen LogP contribution in [-0.4, -0.2) is 43.7 Å². The van der Waals surface area contributed by atoms with Gasteiger partial charge in [0.2, 0.25) is 0 Å². The minimum atomic E-state index is -0.288. The first-order valence-electron chi connectivity index (χ1n) is 9.51. The lowest BCUT2D eigenvalue weighted by atomic mass is 9.99. The number of nitrogens with zero attached hydrogens (tertiary/aromatic N) is 5. The van der Waals surface area contributed by atoms with Crippen LogP contribution in [0.2, 0.25) is 0 Å². The van der Waals surface area contributed by atoms with Crippen LogP contribution >= 0.6 is 0 Å². The van der Waals surface area contributed by atoms with E-state index in [0.717, 1.165) is 59.6 Å². The maximum atomic E-state index is 9.71. The molecule has 2 aromatic heterocycles. The highest BCUT2D eigenvalue weighted by molar-refractivity contribution is 5.78. The number of likely N-dealkylation sites (tertiary alicyclic amines) is 1. The molecule has 1 fully saturated rings. The van der Waals surface area contributed by atoms with Crippen LogP contribution in [0, 0.1) is 18.3 Å². The molecule has 4 rings (SSSR count). The van der Waals surface area contributed by atoms with Crippen molar-refractivity contribution in [1.29, 1.82) is 5.26 Å². The minimum absolute atomic E-state index is 0.242. The van der Waals surface area contributed by atoms with Crippen molar-refractivity contribution in [2.24, 2.45) is 7.05 Å². The van der Waals surface area contributed by atoms with Crippen molar-refractivity contribution in [3.05, 3.63) is 47.9 Å². The van der Waals surface area contributed by atoms with E-state index >= 15 is 0 Å². The SMILES string of the molecule is Cc1cc(C(C#N)N2CCC(O)CC2)ccc1Nc1cc2c(cn1)ncn2C. The Morgan fingerprint density at radius 2 is 2.04 bits per heavy atom. The Balaban J connectivity index is 1.55. The summed E-state index contributed by atoms with van der Waals surface area (Å²) in [6, 6.07) is 10.2. The van der Waals surface area contributed by atoms with E-state index in [2.05, 4.69) is 32.3 Å². The van der Waals surface area contributed by atoms with Crippen molar-refractivity contribution in [1.82, 2.24) is 19.4 Å². The fourth-order valence-electron chi connectivity index (χ4n) is 3.75. The molecule has 0 amide bonds. The first-order chi connectivity index (χ1) is 13.5. The Kier molecular flexibility index (Phi) is 4.99. The molecule has 1 aliphatic heterocycles. The second-order valence-corrected chi connectivity index (χ2v) is 7.41. The number of piperidine rings is 1. The van der Waals surface area contributed by atoms with Gasteiger partial charge in [-0.2, -0.15) is 5.26 Å². The third-order valence-corrected chi connectivity index (χ3v) is 5.43. The Hall–Kier alpha value is -2.95. The number of hydrogen-bond donors (Lipinski definition) is 2. The molecule has 1 aliphatic rings. The van der Waals surface area contributed by atoms with Crippen LogP contribution < -0.4 is 5.32 Å². The molecule has 28 heavy (non-hydrogen) atoms. The van der Waals surface area contributed by atoms with E-state index in [1.165, 1.54) is 0 Å². The van der Waals surface area contributed by atoms with Gasteiger partial charge in [-0.1, -0.05) is 12.1 Å². The van der Waals surface area contributed by atoms with Crippen LogP contribution in [0.1, 0.15) is 30.0 Å². The number of fused-ring (bicyclic) bond motifs is 1. The second kappa shape index (κ2) is 7.58. The zero-order valence-electron chi connectivity index (χ0n) is 16.1. The Morgan fingerprint density at radius 1 is 1.25 bits per heavy atom. The molecule has 0 spiro atoms. The number of aromatic nitrogens is 3. The molecule has 1 saturated heterocycles. The highest BCUT2D eigenvalue weighted by atomic mass is 16.3. The fraction of sp³-hybridized carbons (Fsp3) is 0.381. The Labute approximate surface area is 164 Å². The van der Waals surface area contributed by atoms with Crippen LogP contribution in [0.5, 0.6) is 0 Å². The van der Waals surface area contributed by atoms with E-state index in [-0.39, 0.29) is 12.1 Å². The maximum Gasteiger partial charge on any atom is 0.132 e. The predicted molar refractivity (Wildman–Crippen MR) is 108 cm³/mol. The Bertz CT molecular complexity index is 1030. The summed E-state index contributed by atoms with van der Waals surface area (Å²) in [5.74, 6) is 0.758. The molecule has 0 radical (unpaired) electrons. The summed E-state index contributed by atoms with van der Waals surface area (Å²) in [5, 5.41) is 22.8. The topological polar surface area (TPSA) is 90.0 Å². The number of benzene rings is 1. The number of hydrogen-bond acceptors (Lipinski definition) is 6. The molecule has 2 N–H and O–H groups in total. The standard InChI is InChI=1S/C21H24N6O/c1-14-9-15(20(11-22)27-7-5-16(28)6-8-27)3-4-17(14)25-21-10-19-18(12-23-21)24-13-26(19)2/h3-4,9-10,12-13,16,20,28H,5-8H2,1-2H3,(H,23,25). The third kappa shape index (κ3) is 3.57. The van der Waals surface area contributed by atoms with Gasteiger partial charge >= 0.3 is 0 Å². The zero-order valence-corrected chi connectivity index (χ0v) is 16.1. The van der Waals surface area contributed by atoms with Crippen LogP contribution in [-0.2, 0) is 7.05 Å². The molecule has 0 aliphatic carbocycles. The molecule has 3 aromatic rings. The van der Waals surface area contributed by atoms with Gasteiger partial charge < -0.3 is 15.0 Å². The van der Waals surface area contributed by atoms with Gasteiger partial charge in [-0.05, 0) is 37.0 Å². The Morgan fingerprint density at radius 3 is 2.75 bits per heavy atom.